The first kappa shape index (κ1) is 15.2. The minimum Gasteiger partial charge on any atom is -0.396 e. The Hall–Kier alpha value is -1.69. The van der Waals surface area contributed by atoms with Crippen LogP contribution in [0.3, 0.4) is 0 Å². The van der Waals surface area contributed by atoms with Crippen molar-refractivity contribution in [3.8, 4) is 0 Å². The Bertz CT molecular complexity index is 639. The molecule has 3 rings (SSSR count). The summed E-state index contributed by atoms with van der Waals surface area (Å²) in [6.45, 7) is 6.16. The predicted molar refractivity (Wildman–Crippen MR) is 86.2 cm³/mol. The van der Waals surface area contributed by atoms with Crippen LogP contribution < -0.4 is 4.90 Å². The largest absolute Gasteiger partial charge is 0.396 e. The zero-order valence-electron chi connectivity index (χ0n) is 13.5. The van der Waals surface area contributed by atoms with Crippen LogP contribution in [0.2, 0.25) is 0 Å². The van der Waals surface area contributed by atoms with Gasteiger partial charge in [0.1, 0.15) is 5.82 Å². The number of piperidine rings is 1. The normalized spacial score (nSPS) is 19.0. The van der Waals surface area contributed by atoms with Gasteiger partial charge >= 0.3 is 0 Å². The molecule has 0 saturated carbocycles. The first-order valence-corrected chi connectivity index (χ1v) is 8.30. The van der Waals surface area contributed by atoms with Crippen LogP contribution in [0.1, 0.15) is 44.1 Å². The Kier molecular flexibility index (Phi) is 4.57. The van der Waals surface area contributed by atoms with Crippen molar-refractivity contribution in [3.05, 3.63) is 17.6 Å². The fraction of sp³-hybridized carbons (Fsp3) is 0.688. The summed E-state index contributed by atoms with van der Waals surface area (Å²) in [4.78, 5) is 11.4. The lowest BCUT2D eigenvalue weighted by molar-refractivity contribution is 0.208. The highest BCUT2D eigenvalue weighted by atomic mass is 16.3. The van der Waals surface area contributed by atoms with E-state index in [1.54, 1.807) is 0 Å². The average molecular weight is 303 g/mol. The molecule has 120 valence electrons. The smallest absolute Gasteiger partial charge is 0.230 e. The molecule has 1 fully saturated rings. The van der Waals surface area contributed by atoms with Crippen LogP contribution in [0.25, 0.3) is 5.65 Å². The number of aliphatic hydroxyl groups excluding tert-OH is 1. The van der Waals surface area contributed by atoms with E-state index in [1.807, 2.05) is 11.4 Å². The molecule has 1 N–H and O–H groups in total. The van der Waals surface area contributed by atoms with Gasteiger partial charge in [-0.15, -0.1) is 0 Å². The van der Waals surface area contributed by atoms with Crippen molar-refractivity contribution < 1.29 is 5.11 Å². The number of unbranched alkanes of at least 4 members (excludes halogenated alkanes) is 1. The molecule has 3 heterocycles. The third kappa shape index (κ3) is 3.06. The van der Waals surface area contributed by atoms with Gasteiger partial charge in [-0.1, -0.05) is 13.3 Å². The van der Waals surface area contributed by atoms with Crippen molar-refractivity contribution >= 4 is 11.6 Å². The van der Waals surface area contributed by atoms with E-state index >= 15 is 0 Å². The number of rotatable bonds is 5. The van der Waals surface area contributed by atoms with Gasteiger partial charge in [0.25, 0.3) is 0 Å². The van der Waals surface area contributed by atoms with Crippen LogP contribution >= 0.6 is 0 Å². The molecule has 0 aliphatic carbocycles. The minimum absolute atomic E-state index is 0.241. The summed E-state index contributed by atoms with van der Waals surface area (Å²) < 4.78 is 1.87. The third-order valence-electron chi connectivity index (χ3n) is 4.32. The molecule has 0 radical (unpaired) electrons. The molecular formula is C16H25N5O. The molecule has 22 heavy (non-hydrogen) atoms. The van der Waals surface area contributed by atoms with E-state index in [0.717, 1.165) is 68.3 Å². The molecule has 6 heteroatoms. The number of hydrogen-bond donors (Lipinski definition) is 1. The molecule has 2 aromatic rings. The molecular weight excluding hydrogens is 278 g/mol. The average Bonchev–Trinajstić information content (AvgIpc) is 2.94. The fourth-order valence-electron chi connectivity index (χ4n) is 3.11. The van der Waals surface area contributed by atoms with Crippen molar-refractivity contribution in [1.29, 1.82) is 0 Å². The number of aromatic nitrogens is 4. The second-order valence-corrected chi connectivity index (χ2v) is 6.22. The van der Waals surface area contributed by atoms with Crippen molar-refractivity contribution in [1.82, 2.24) is 19.6 Å². The molecule has 0 amide bonds. The highest BCUT2D eigenvalue weighted by Crippen LogP contribution is 2.22. The van der Waals surface area contributed by atoms with Gasteiger partial charge in [-0.3, -0.25) is 0 Å². The van der Waals surface area contributed by atoms with Gasteiger partial charge in [0.15, 0.2) is 5.65 Å². The molecule has 1 atom stereocenters. The molecule has 0 aromatic carbocycles. The summed E-state index contributed by atoms with van der Waals surface area (Å²) >= 11 is 0. The molecule has 1 saturated heterocycles. The molecule has 1 aliphatic rings. The zero-order chi connectivity index (χ0) is 15.5. The second kappa shape index (κ2) is 6.60. The monoisotopic (exact) mass is 303 g/mol. The molecule has 6 nitrogen and oxygen atoms in total. The van der Waals surface area contributed by atoms with Gasteiger partial charge in [-0.25, -0.2) is 4.98 Å². The van der Waals surface area contributed by atoms with E-state index in [9.17, 15) is 5.11 Å². The summed E-state index contributed by atoms with van der Waals surface area (Å²) in [5, 5.41) is 14.1. The van der Waals surface area contributed by atoms with E-state index in [4.69, 9.17) is 5.10 Å². The van der Waals surface area contributed by atoms with E-state index in [1.165, 1.54) is 0 Å². The summed E-state index contributed by atoms with van der Waals surface area (Å²) in [5.41, 5.74) is 1.96. The van der Waals surface area contributed by atoms with E-state index in [-0.39, 0.29) is 6.61 Å². The molecule has 0 unspecified atom stereocenters. The zero-order valence-corrected chi connectivity index (χ0v) is 13.5. The number of anilines is 1. The van der Waals surface area contributed by atoms with Gasteiger partial charge < -0.3 is 10.0 Å². The number of nitrogens with zero attached hydrogens (tertiary/aromatic N) is 5. The quantitative estimate of drug-likeness (QED) is 0.915. The Balaban J connectivity index is 1.95. The van der Waals surface area contributed by atoms with Crippen molar-refractivity contribution in [3.63, 3.8) is 0 Å². The third-order valence-corrected chi connectivity index (χ3v) is 4.32. The topological polar surface area (TPSA) is 66.5 Å². The Morgan fingerprint density at radius 1 is 1.36 bits per heavy atom. The highest BCUT2D eigenvalue weighted by molar-refractivity contribution is 5.47. The predicted octanol–water partition coefficient (Wildman–Crippen LogP) is 1.98. The van der Waals surface area contributed by atoms with Crippen molar-refractivity contribution in [2.75, 3.05) is 24.6 Å². The van der Waals surface area contributed by atoms with E-state index in [0.29, 0.717) is 5.92 Å². The lowest BCUT2D eigenvalue weighted by Gasteiger charge is -2.32. The van der Waals surface area contributed by atoms with Gasteiger partial charge in [-0.05, 0) is 38.5 Å². The SMILES string of the molecule is CCCCc1cc2nc(C)nc(N3CCC[C@H](CO)C3)n2n1. The van der Waals surface area contributed by atoms with Gasteiger partial charge in [0.2, 0.25) is 5.95 Å². The Labute approximate surface area is 131 Å². The molecule has 0 bridgehead atoms. The number of fused-ring (bicyclic) bond motifs is 1. The maximum atomic E-state index is 9.44. The van der Waals surface area contributed by atoms with E-state index in [2.05, 4.69) is 27.9 Å². The first-order chi connectivity index (χ1) is 10.7. The molecule has 1 aliphatic heterocycles. The first-order valence-electron chi connectivity index (χ1n) is 8.30. The molecule has 2 aromatic heterocycles. The number of aliphatic hydroxyl groups is 1. The summed E-state index contributed by atoms with van der Waals surface area (Å²) in [6, 6.07) is 2.07. The lowest BCUT2D eigenvalue weighted by atomic mass is 9.99. The Morgan fingerprint density at radius 3 is 3.00 bits per heavy atom. The maximum absolute atomic E-state index is 9.44. The van der Waals surface area contributed by atoms with Crippen LogP contribution in [0.5, 0.6) is 0 Å². The number of aryl methyl sites for hydroxylation is 2. The van der Waals surface area contributed by atoms with Gasteiger partial charge in [0.05, 0.1) is 5.69 Å². The summed E-state index contributed by atoms with van der Waals surface area (Å²) in [5.74, 6) is 1.97. The highest BCUT2D eigenvalue weighted by Gasteiger charge is 2.23. The van der Waals surface area contributed by atoms with Gasteiger partial charge in [0, 0.05) is 25.8 Å². The van der Waals surface area contributed by atoms with Gasteiger partial charge in [-0.2, -0.15) is 14.6 Å². The van der Waals surface area contributed by atoms with E-state index < -0.39 is 0 Å². The molecule has 0 spiro atoms. The maximum Gasteiger partial charge on any atom is 0.230 e. The minimum atomic E-state index is 0.241. The standard InChI is InChI=1S/C16H25N5O/c1-3-4-7-14-9-15-17-12(2)18-16(21(15)19-14)20-8-5-6-13(10-20)11-22/h9,13,22H,3-8,10-11H2,1-2H3/t13-/m0/s1. The fourth-order valence-corrected chi connectivity index (χ4v) is 3.11. The van der Waals surface area contributed by atoms with Crippen LogP contribution in [-0.2, 0) is 6.42 Å². The van der Waals surface area contributed by atoms with Crippen LogP contribution in [0.15, 0.2) is 6.07 Å². The van der Waals surface area contributed by atoms with Crippen LogP contribution in [-0.4, -0.2) is 44.4 Å². The Morgan fingerprint density at radius 2 is 2.23 bits per heavy atom. The second-order valence-electron chi connectivity index (χ2n) is 6.22. The van der Waals surface area contributed by atoms with Crippen LogP contribution in [0.4, 0.5) is 5.95 Å². The lowest BCUT2D eigenvalue weighted by Crippen LogP contribution is -2.38. The van der Waals surface area contributed by atoms with Crippen LogP contribution in [0, 0.1) is 12.8 Å². The summed E-state index contributed by atoms with van der Waals surface area (Å²) in [7, 11) is 0. The van der Waals surface area contributed by atoms with Crippen molar-refractivity contribution in [2.45, 2.75) is 46.0 Å². The summed E-state index contributed by atoms with van der Waals surface area (Å²) in [6.07, 6.45) is 5.45. The number of hydrogen-bond acceptors (Lipinski definition) is 5. The van der Waals surface area contributed by atoms with Crippen molar-refractivity contribution in [2.24, 2.45) is 5.92 Å².